The molecule has 1 aromatic heterocycles. The molecule has 3 nitrogen and oxygen atoms in total. The van der Waals surface area contributed by atoms with Crippen LogP contribution in [0, 0.1) is 6.92 Å². The van der Waals surface area contributed by atoms with Crippen molar-refractivity contribution in [3.05, 3.63) is 46.3 Å². The Morgan fingerprint density at radius 2 is 1.80 bits per heavy atom. The Kier molecular flexibility index (Phi) is 4.43. The van der Waals surface area contributed by atoms with E-state index in [-0.39, 0.29) is 5.41 Å². The summed E-state index contributed by atoms with van der Waals surface area (Å²) in [6.45, 7) is 8.53. The maximum atomic E-state index is 5.76. The largest absolute Gasteiger partial charge is 0.439 e. The van der Waals surface area contributed by atoms with Gasteiger partial charge in [-0.2, -0.15) is 4.98 Å². The molecule has 0 saturated carbocycles. The zero-order valence-electron chi connectivity index (χ0n) is 12.3. The Labute approximate surface area is 128 Å². The first-order chi connectivity index (χ1) is 9.40. The molecule has 2 rings (SSSR count). The fourth-order valence-electron chi connectivity index (χ4n) is 1.86. The summed E-state index contributed by atoms with van der Waals surface area (Å²) >= 11 is 3.34. The summed E-state index contributed by atoms with van der Waals surface area (Å²) in [4.78, 5) is 8.41. The van der Waals surface area contributed by atoms with E-state index in [1.54, 1.807) is 6.07 Å². The lowest BCUT2D eigenvalue weighted by Crippen LogP contribution is -2.14. The molecule has 0 N–H and O–H groups in total. The second kappa shape index (κ2) is 5.92. The van der Waals surface area contributed by atoms with Crippen molar-refractivity contribution in [1.29, 1.82) is 0 Å². The molecule has 106 valence electrons. The van der Waals surface area contributed by atoms with E-state index in [1.165, 1.54) is 5.56 Å². The molecule has 0 aliphatic carbocycles. The van der Waals surface area contributed by atoms with Gasteiger partial charge < -0.3 is 4.74 Å². The van der Waals surface area contributed by atoms with Gasteiger partial charge in [-0.05, 0) is 52.4 Å². The fourth-order valence-corrected chi connectivity index (χ4v) is 2.31. The van der Waals surface area contributed by atoms with Crippen LogP contribution in [-0.4, -0.2) is 9.97 Å². The number of hydrogen-bond acceptors (Lipinski definition) is 3. The molecule has 0 aliphatic heterocycles. The zero-order valence-corrected chi connectivity index (χ0v) is 13.9. The Morgan fingerprint density at radius 3 is 2.35 bits per heavy atom. The Morgan fingerprint density at radius 1 is 1.15 bits per heavy atom. The van der Waals surface area contributed by atoms with Gasteiger partial charge in [0.05, 0.1) is 0 Å². The highest BCUT2D eigenvalue weighted by atomic mass is 79.9. The first kappa shape index (κ1) is 15.0. The van der Waals surface area contributed by atoms with E-state index in [9.17, 15) is 0 Å². The van der Waals surface area contributed by atoms with Crippen LogP contribution in [0.4, 0.5) is 0 Å². The molecule has 0 aliphatic rings. The molecule has 0 unspecified atom stereocenters. The number of aryl methyl sites for hydroxylation is 1. The highest BCUT2D eigenvalue weighted by Crippen LogP contribution is 2.29. The van der Waals surface area contributed by atoms with Crippen molar-refractivity contribution in [2.45, 2.75) is 39.5 Å². The van der Waals surface area contributed by atoms with Gasteiger partial charge in [0.15, 0.2) is 0 Å². The number of aromatic nitrogens is 2. The molecule has 0 fully saturated rings. The maximum absolute atomic E-state index is 5.76. The lowest BCUT2D eigenvalue weighted by molar-refractivity contribution is 0.457. The second-order valence-electron chi connectivity index (χ2n) is 5.44. The van der Waals surface area contributed by atoms with Gasteiger partial charge in [0.2, 0.25) is 5.88 Å². The molecule has 0 bridgehead atoms. The zero-order chi connectivity index (χ0) is 14.8. The molecule has 1 aromatic carbocycles. The Hall–Kier alpha value is -1.42. The Bertz CT molecular complexity index is 574. The lowest BCUT2D eigenvalue weighted by Gasteiger charge is -2.23. The van der Waals surface area contributed by atoms with E-state index in [4.69, 9.17) is 4.74 Å². The van der Waals surface area contributed by atoms with Crippen molar-refractivity contribution in [2.75, 3.05) is 0 Å². The first-order valence-corrected chi connectivity index (χ1v) is 7.49. The standard InChI is InChI=1S/C16H19BrN2O/c1-5-16(3,4)12-6-8-13(9-7-12)20-15-10-14(17)18-11(2)19-15/h6-10H,5H2,1-4H3. The molecule has 0 saturated heterocycles. The minimum atomic E-state index is 0.188. The van der Waals surface area contributed by atoms with Crippen molar-refractivity contribution in [1.82, 2.24) is 9.97 Å². The van der Waals surface area contributed by atoms with Gasteiger partial charge >= 0.3 is 0 Å². The summed E-state index contributed by atoms with van der Waals surface area (Å²) < 4.78 is 6.49. The highest BCUT2D eigenvalue weighted by molar-refractivity contribution is 9.10. The maximum Gasteiger partial charge on any atom is 0.223 e. The molecule has 1 heterocycles. The average Bonchev–Trinajstić information content (AvgIpc) is 2.38. The van der Waals surface area contributed by atoms with Crippen LogP contribution in [0.15, 0.2) is 34.9 Å². The quantitative estimate of drug-likeness (QED) is 0.735. The topological polar surface area (TPSA) is 35.0 Å². The van der Waals surface area contributed by atoms with Crippen molar-refractivity contribution in [3.8, 4) is 11.6 Å². The number of benzene rings is 1. The molecule has 0 radical (unpaired) electrons. The fraction of sp³-hybridized carbons (Fsp3) is 0.375. The van der Waals surface area contributed by atoms with Gasteiger partial charge in [-0.25, -0.2) is 4.98 Å². The van der Waals surface area contributed by atoms with Crippen LogP contribution in [0.2, 0.25) is 0 Å². The van der Waals surface area contributed by atoms with E-state index >= 15 is 0 Å². The molecular weight excluding hydrogens is 316 g/mol. The molecule has 0 amide bonds. The summed E-state index contributed by atoms with van der Waals surface area (Å²) in [5.74, 6) is 2.01. The Balaban J connectivity index is 2.19. The van der Waals surface area contributed by atoms with Crippen LogP contribution >= 0.6 is 15.9 Å². The number of nitrogens with zero attached hydrogens (tertiary/aromatic N) is 2. The summed E-state index contributed by atoms with van der Waals surface area (Å²) in [5, 5.41) is 0. The third-order valence-corrected chi connectivity index (χ3v) is 3.93. The van der Waals surface area contributed by atoms with Crippen LogP contribution in [-0.2, 0) is 5.41 Å². The van der Waals surface area contributed by atoms with E-state index in [0.29, 0.717) is 11.7 Å². The molecule has 2 aromatic rings. The number of ether oxygens (including phenoxy) is 1. The van der Waals surface area contributed by atoms with Gasteiger partial charge in [-0.15, -0.1) is 0 Å². The van der Waals surface area contributed by atoms with Gasteiger partial charge in [0.25, 0.3) is 0 Å². The smallest absolute Gasteiger partial charge is 0.223 e. The normalized spacial score (nSPS) is 11.4. The van der Waals surface area contributed by atoms with Crippen LogP contribution in [0.3, 0.4) is 0 Å². The SMILES string of the molecule is CCC(C)(C)c1ccc(Oc2cc(Br)nc(C)n2)cc1. The average molecular weight is 335 g/mol. The van der Waals surface area contributed by atoms with E-state index in [2.05, 4.69) is 58.8 Å². The van der Waals surface area contributed by atoms with Gasteiger partial charge in [0, 0.05) is 6.07 Å². The van der Waals surface area contributed by atoms with Gasteiger partial charge in [-0.1, -0.05) is 32.9 Å². The van der Waals surface area contributed by atoms with Gasteiger partial charge in [-0.3, -0.25) is 0 Å². The third-order valence-electron chi connectivity index (χ3n) is 3.53. The van der Waals surface area contributed by atoms with Crippen LogP contribution in [0.1, 0.15) is 38.6 Å². The van der Waals surface area contributed by atoms with Crippen molar-refractivity contribution in [3.63, 3.8) is 0 Å². The van der Waals surface area contributed by atoms with E-state index in [1.807, 2.05) is 19.1 Å². The molecule has 4 heteroatoms. The van der Waals surface area contributed by atoms with Crippen molar-refractivity contribution in [2.24, 2.45) is 0 Å². The number of halogens is 1. The molecule has 0 atom stereocenters. The molecular formula is C16H19BrN2O. The third kappa shape index (κ3) is 3.57. The summed E-state index contributed by atoms with van der Waals surface area (Å²) in [7, 11) is 0. The van der Waals surface area contributed by atoms with E-state index in [0.717, 1.165) is 16.8 Å². The summed E-state index contributed by atoms with van der Waals surface area (Å²) in [6, 6.07) is 9.96. The van der Waals surface area contributed by atoms with Crippen molar-refractivity contribution >= 4 is 15.9 Å². The first-order valence-electron chi connectivity index (χ1n) is 6.70. The second-order valence-corrected chi connectivity index (χ2v) is 6.25. The van der Waals surface area contributed by atoms with Crippen molar-refractivity contribution < 1.29 is 4.74 Å². The van der Waals surface area contributed by atoms with Crippen LogP contribution in [0.5, 0.6) is 11.6 Å². The lowest BCUT2D eigenvalue weighted by atomic mass is 9.82. The summed E-state index contributed by atoms with van der Waals surface area (Å²) in [5.41, 5.74) is 1.50. The molecule has 20 heavy (non-hydrogen) atoms. The van der Waals surface area contributed by atoms with Crippen LogP contribution in [0.25, 0.3) is 0 Å². The van der Waals surface area contributed by atoms with Gasteiger partial charge in [0.1, 0.15) is 16.2 Å². The predicted molar refractivity (Wildman–Crippen MR) is 84.3 cm³/mol. The predicted octanol–water partition coefficient (Wildman–Crippen LogP) is 5.03. The minimum absolute atomic E-state index is 0.188. The monoisotopic (exact) mass is 334 g/mol. The summed E-state index contributed by atoms with van der Waals surface area (Å²) in [6.07, 6.45) is 1.10. The molecule has 0 spiro atoms. The highest BCUT2D eigenvalue weighted by Gasteiger charge is 2.17. The van der Waals surface area contributed by atoms with Crippen LogP contribution < -0.4 is 4.74 Å². The minimum Gasteiger partial charge on any atom is -0.439 e. The number of rotatable bonds is 4. The number of hydrogen-bond donors (Lipinski definition) is 0. The van der Waals surface area contributed by atoms with E-state index < -0.39 is 0 Å².